The Bertz CT molecular complexity index is 83.6. The summed E-state index contributed by atoms with van der Waals surface area (Å²) < 4.78 is 0. The van der Waals surface area contributed by atoms with Crippen LogP contribution in [0.1, 0.15) is 33.6 Å². The first-order valence-corrected chi connectivity index (χ1v) is 3.93. The van der Waals surface area contributed by atoms with E-state index < -0.39 is 0 Å². The van der Waals surface area contributed by atoms with Gasteiger partial charge in [0.2, 0.25) is 0 Å². The van der Waals surface area contributed by atoms with Crippen molar-refractivity contribution in [1.29, 1.82) is 0 Å². The van der Waals surface area contributed by atoms with Crippen molar-refractivity contribution in [2.75, 3.05) is 20.1 Å². The summed E-state index contributed by atoms with van der Waals surface area (Å²) in [5.41, 5.74) is 0. The third-order valence-corrected chi connectivity index (χ3v) is 1.47. The van der Waals surface area contributed by atoms with Gasteiger partial charge in [0.25, 0.3) is 0 Å². The molecule has 0 aromatic rings. The van der Waals surface area contributed by atoms with Crippen LogP contribution < -0.4 is 0 Å². The van der Waals surface area contributed by atoms with E-state index in [4.69, 9.17) is 0 Å². The molecule has 0 aromatic heterocycles. The van der Waals surface area contributed by atoms with Gasteiger partial charge < -0.3 is 9.69 Å². The lowest BCUT2D eigenvalue weighted by atomic mass is 10.3. The highest BCUT2D eigenvalue weighted by molar-refractivity contribution is 5.48. The first-order chi connectivity index (χ1) is 4.81. The maximum absolute atomic E-state index is 9.93. The molecule has 0 aliphatic heterocycles. The molecule has 0 atom stereocenters. The third kappa shape index (κ3) is 9.63. The molecule has 0 radical (unpaired) electrons. The van der Waals surface area contributed by atoms with Gasteiger partial charge in [-0.25, -0.2) is 0 Å². The fourth-order valence-corrected chi connectivity index (χ4v) is 0.938. The summed E-state index contributed by atoms with van der Waals surface area (Å²) in [6.45, 7) is 4.35. The zero-order chi connectivity index (χ0) is 7.82. The molecule has 0 bridgehead atoms. The van der Waals surface area contributed by atoms with Gasteiger partial charge in [-0.15, -0.1) is 0 Å². The molecule has 0 unspecified atom stereocenters. The first kappa shape index (κ1) is 13.2. The molecule has 2 heteroatoms. The van der Waals surface area contributed by atoms with Crippen molar-refractivity contribution in [3.8, 4) is 0 Å². The molecule has 0 rings (SSSR count). The Morgan fingerprint density at radius 2 is 2.00 bits per heavy atom. The van der Waals surface area contributed by atoms with Crippen LogP contribution in [0.15, 0.2) is 0 Å². The second-order valence-electron chi connectivity index (χ2n) is 2.61. The van der Waals surface area contributed by atoms with Gasteiger partial charge in [-0.3, -0.25) is 0 Å². The molecule has 0 aliphatic carbocycles. The Morgan fingerprint density at radius 1 is 1.36 bits per heavy atom. The van der Waals surface area contributed by atoms with Crippen LogP contribution >= 0.6 is 0 Å². The quantitative estimate of drug-likeness (QED) is 0.436. The van der Waals surface area contributed by atoms with Gasteiger partial charge in [0.1, 0.15) is 6.29 Å². The number of aldehydes is 1. The highest BCUT2D eigenvalue weighted by Gasteiger charge is 1.93. The van der Waals surface area contributed by atoms with Crippen LogP contribution in [0.5, 0.6) is 0 Å². The largest absolute Gasteiger partial charge is 0.306 e. The second kappa shape index (κ2) is 9.63. The van der Waals surface area contributed by atoms with Gasteiger partial charge in [0, 0.05) is 6.42 Å². The smallest absolute Gasteiger partial charge is 0.120 e. The third-order valence-electron chi connectivity index (χ3n) is 1.47. The fraction of sp³-hybridized carbons (Fsp3) is 0.889. The van der Waals surface area contributed by atoms with Gasteiger partial charge in [-0.05, 0) is 33.0 Å². The molecule has 0 aromatic carbocycles. The van der Waals surface area contributed by atoms with Gasteiger partial charge in [0.05, 0.1) is 0 Å². The van der Waals surface area contributed by atoms with E-state index in [1.807, 2.05) is 0 Å². The Hall–Kier alpha value is -0.370. The Balaban J connectivity index is 0. The van der Waals surface area contributed by atoms with Gasteiger partial charge in [0.15, 0.2) is 0 Å². The van der Waals surface area contributed by atoms with Crippen molar-refractivity contribution in [2.24, 2.45) is 0 Å². The van der Waals surface area contributed by atoms with Crippen molar-refractivity contribution < 1.29 is 4.79 Å². The van der Waals surface area contributed by atoms with E-state index in [1.165, 1.54) is 6.42 Å². The zero-order valence-electron chi connectivity index (χ0n) is 6.97. The van der Waals surface area contributed by atoms with Crippen LogP contribution in [0.3, 0.4) is 0 Å². The number of unbranched alkanes of at least 4 members (excludes halogenated alkanes) is 1. The highest BCUT2D eigenvalue weighted by Crippen LogP contribution is 1.91. The van der Waals surface area contributed by atoms with Crippen LogP contribution in [0.25, 0.3) is 0 Å². The maximum Gasteiger partial charge on any atom is 0.120 e. The number of nitrogens with zero attached hydrogens (tertiary/aromatic N) is 1. The van der Waals surface area contributed by atoms with E-state index in [0.717, 1.165) is 25.8 Å². The molecule has 68 valence electrons. The molecule has 0 spiro atoms. The first-order valence-electron chi connectivity index (χ1n) is 3.93. The number of rotatable bonds is 6. The van der Waals surface area contributed by atoms with Crippen LogP contribution in [0.2, 0.25) is 0 Å². The van der Waals surface area contributed by atoms with E-state index in [-0.39, 0.29) is 7.43 Å². The van der Waals surface area contributed by atoms with Crippen LogP contribution in [0.4, 0.5) is 0 Å². The molecular weight excluding hydrogens is 138 g/mol. The maximum atomic E-state index is 9.93. The summed E-state index contributed by atoms with van der Waals surface area (Å²) in [7, 11) is 2.09. The minimum absolute atomic E-state index is 0. The molecule has 0 amide bonds. The van der Waals surface area contributed by atoms with Crippen molar-refractivity contribution in [3.63, 3.8) is 0 Å². The Kier molecular flexibility index (Phi) is 11.6. The lowest BCUT2D eigenvalue weighted by Gasteiger charge is -2.13. The Morgan fingerprint density at radius 3 is 2.45 bits per heavy atom. The summed E-state index contributed by atoms with van der Waals surface area (Å²) in [5, 5.41) is 0. The standard InChI is InChI=1S/C8H17NO.CH4/c1-3-6-9(2)7-4-5-8-10;/h8H,3-7H2,1-2H3;1H4. The molecule has 0 fully saturated rings. The summed E-state index contributed by atoms with van der Waals surface area (Å²) >= 11 is 0. The average molecular weight is 159 g/mol. The minimum atomic E-state index is 0. The lowest BCUT2D eigenvalue weighted by Crippen LogP contribution is -2.20. The lowest BCUT2D eigenvalue weighted by molar-refractivity contribution is -0.107. The predicted molar refractivity (Wildman–Crippen MR) is 49.8 cm³/mol. The molecular formula is C9H21NO. The zero-order valence-corrected chi connectivity index (χ0v) is 6.97. The molecule has 0 N–H and O–H groups in total. The molecule has 0 aliphatic rings. The van der Waals surface area contributed by atoms with Crippen molar-refractivity contribution in [1.82, 2.24) is 4.90 Å². The Labute approximate surface area is 70.6 Å². The summed E-state index contributed by atoms with van der Waals surface area (Å²) in [6.07, 6.45) is 3.88. The van der Waals surface area contributed by atoms with Crippen LogP contribution in [0, 0.1) is 0 Å². The van der Waals surface area contributed by atoms with E-state index in [1.54, 1.807) is 0 Å². The monoisotopic (exact) mass is 159 g/mol. The molecule has 0 saturated heterocycles. The number of carbonyl (C=O) groups is 1. The average Bonchev–Trinajstić information content (AvgIpc) is 1.89. The van der Waals surface area contributed by atoms with Crippen molar-refractivity contribution >= 4 is 6.29 Å². The number of carbonyl (C=O) groups excluding carboxylic acids is 1. The van der Waals surface area contributed by atoms with Gasteiger partial charge in [-0.1, -0.05) is 14.4 Å². The summed E-state index contributed by atoms with van der Waals surface area (Å²) in [5.74, 6) is 0. The predicted octanol–water partition coefficient (Wildman–Crippen LogP) is 1.94. The normalized spacial score (nSPS) is 9.36. The highest BCUT2D eigenvalue weighted by atomic mass is 16.1. The van der Waals surface area contributed by atoms with E-state index in [2.05, 4.69) is 18.9 Å². The summed E-state index contributed by atoms with van der Waals surface area (Å²) in [4.78, 5) is 12.2. The topological polar surface area (TPSA) is 20.3 Å². The van der Waals surface area contributed by atoms with Gasteiger partial charge >= 0.3 is 0 Å². The minimum Gasteiger partial charge on any atom is -0.306 e. The van der Waals surface area contributed by atoms with Crippen molar-refractivity contribution in [3.05, 3.63) is 0 Å². The number of hydrogen-bond acceptors (Lipinski definition) is 2. The molecule has 0 heterocycles. The van der Waals surface area contributed by atoms with Crippen LogP contribution in [-0.2, 0) is 4.79 Å². The number of hydrogen-bond donors (Lipinski definition) is 0. The van der Waals surface area contributed by atoms with E-state index in [0.29, 0.717) is 6.42 Å². The van der Waals surface area contributed by atoms with Crippen molar-refractivity contribution in [2.45, 2.75) is 33.6 Å². The molecule has 2 nitrogen and oxygen atoms in total. The van der Waals surface area contributed by atoms with E-state index in [9.17, 15) is 4.79 Å². The second-order valence-corrected chi connectivity index (χ2v) is 2.61. The molecule has 0 saturated carbocycles. The fourth-order valence-electron chi connectivity index (χ4n) is 0.938. The SMILES string of the molecule is C.CCCN(C)CCCC=O. The van der Waals surface area contributed by atoms with Crippen LogP contribution in [-0.4, -0.2) is 31.3 Å². The molecule has 11 heavy (non-hydrogen) atoms. The van der Waals surface area contributed by atoms with Gasteiger partial charge in [-0.2, -0.15) is 0 Å². The summed E-state index contributed by atoms with van der Waals surface area (Å²) in [6, 6.07) is 0. The van der Waals surface area contributed by atoms with E-state index >= 15 is 0 Å².